The van der Waals surface area contributed by atoms with Crippen LogP contribution >= 0.6 is 11.6 Å². The highest BCUT2D eigenvalue weighted by Crippen LogP contribution is 2.46. The first-order valence-corrected chi connectivity index (χ1v) is 11.8. The molecule has 3 nitrogen and oxygen atoms in total. The molecule has 4 heteroatoms. The zero-order valence-corrected chi connectivity index (χ0v) is 21.3. The molecule has 2 aromatic carbocycles. The van der Waals surface area contributed by atoms with Gasteiger partial charge in [0, 0.05) is 12.5 Å². The standard InChI is InChI=1S/C27H39ClO2.H3N/c1-8-29-26(30-24-12-10-9-11-13-24)27(16-19(2)3,17-20(4)5)25-22(7)21(6)14-15-23(25)18-28;/h9-15,19-20,26H,8,16-18H2,1-7H3;1H3. The van der Waals surface area contributed by atoms with E-state index >= 15 is 0 Å². The fourth-order valence-corrected chi connectivity index (χ4v) is 5.03. The Balaban J connectivity index is 0.00000480. The molecule has 2 rings (SSSR count). The second-order valence-corrected chi connectivity index (χ2v) is 9.51. The Morgan fingerprint density at radius 3 is 1.97 bits per heavy atom. The van der Waals surface area contributed by atoms with Gasteiger partial charge in [-0.15, -0.1) is 11.6 Å². The number of halogens is 1. The Morgan fingerprint density at radius 1 is 0.903 bits per heavy atom. The van der Waals surface area contributed by atoms with Crippen molar-refractivity contribution in [1.29, 1.82) is 0 Å². The molecule has 3 N–H and O–H groups in total. The van der Waals surface area contributed by atoms with E-state index in [1.165, 1.54) is 22.3 Å². The molecule has 1 unspecified atom stereocenters. The van der Waals surface area contributed by atoms with Gasteiger partial charge in [0.1, 0.15) is 5.75 Å². The summed E-state index contributed by atoms with van der Waals surface area (Å²) in [6.07, 6.45) is 1.55. The topological polar surface area (TPSA) is 53.5 Å². The number of alkyl halides is 1. The van der Waals surface area contributed by atoms with Crippen LogP contribution in [0.15, 0.2) is 42.5 Å². The lowest BCUT2D eigenvalue weighted by molar-refractivity contribution is -0.136. The number of para-hydroxylation sites is 1. The summed E-state index contributed by atoms with van der Waals surface area (Å²) in [5, 5.41) is 0. The van der Waals surface area contributed by atoms with Crippen LogP contribution in [0.5, 0.6) is 5.75 Å². The van der Waals surface area contributed by atoms with E-state index in [1.54, 1.807) is 0 Å². The number of benzene rings is 2. The monoisotopic (exact) mass is 447 g/mol. The SMILES string of the molecule is CCOC(Oc1ccccc1)C(CC(C)C)(CC(C)C)c1c(CCl)ccc(C)c1C.N. The maximum absolute atomic E-state index is 6.61. The van der Waals surface area contributed by atoms with Gasteiger partial charge < -0.3 is 15.6 Å². The molecular formula is C27H42ClNO2. The number of rotatable bonds is 11. The average Bonchev–Trinajstić information content (AvgIpc) is 2.69. The lowest BCUT2D eigenvalue weighted by Gasteiger charge is -2.45. The molecular weight excluding hydrogens is 406 g/mol. The third-order valence-corrected chi connectivity index (χ3v) is 6.05. The van der Waals surface area contributed by atoms with Crippen LogP contribution in [0, 0.1) is 25.7 Å². The molecule has 2 aromatic rings. The van der Waals surface area contributed by atoms with Crippen molar-refractivity contribution in [3.63, 3.8) is 0 Å². The molecule has 0 aliphatic carbocycles. The molecule has 0 amide bonds. The van der Waals surface area contributed by atoms with Gasteiger partial charge in [-0.05, 0) is 79.8 Å². The molecule has 0 bridgehead atoms. The maximum atomic E-state index is 6.61. The van der Waals surface area contributed by atoms with E-state index in [1.807, 2.05) is 37.3 Å². The minimum Gasteiger partial charge on any atom is -0.464 e. The van der Waals surface area contributed by atoms with Crippen LogP contribution in [-0.4, -0.2) is 12.9 Å². The van der Waals surface area contributed by atoms with E-state index in [-0.39, 0.29) is 11.6 Å². The van der Waals surface area contributed by atoms with Crippen molar-refractivity contribution in [3.05, 3.63) is 64.7 Å². The van der Waals surface area contributed by atoms with Crippen LogP contribution in [0.4, 0.5) is 0 Å². The van der Waals surface area contributed by atoms with Crippen molar-refractivity contribution in [2.45, 2.75) is 78.9 Å². The molecule has 1 atom stereocenters. The Labute approximate surface area is 195 Å². The molecule has 0 heterocycles. The lowest BCUT2D eigenvalue weighted by Crippen LogP contribution is -2.48. The second-order valence-electron chi connectivity index (χ2n) is 9.25. The van der Waals surface area contributed by atoms with Gasteiger partial charge in [-0.2, -0.15) is 0 Å². The number of aryl methyl sites for hydroxylation is 1. The van der Waals surface area contributed by atoms with Gasteiger partial charge in [0.15, 0.2) is 0 Å². The Bertz CT molecular complexity index is 779. The van der Waals surface area contributed by atoms with Gasteiger partial charge in [0.25, 0.3) is 0 Å². The average molecular weight is 448 g/mol. The third kappa shape index (κ3) is 6.71. The van der Waals surface area contributed by atoms with E-state index in [4.69, 9.17) is 21.1 Å². The van der Waals surface area contributed by atoms with Crippen molar-refractivity contribution in [2.75, 3.05) is 6.61 Å². The summed E-state index contributed by atoms with van der Waals surface area (Å²) in [4.78, 5) is 0. The number of hydrogen-bond acceptors (Lipinski definition) is 3. The van der Waals surface area contributed by atoms with Crippen molar-refractivity contribution >= 4 is 11.6 Å². The van der Waals surface area contributed by atoms with Crippen molar-refractivity contribution in [1.82, 2.24) is 6.15 Å². The first kappa shape index (κ1) is 27.5. The van der Waals surface area contributed by atoms with E-state index in [0.29, 0.717) is 24.3 Å². The zero-order chi connectivity index (χ0) is 22.3. The van der Waals surface area contributed by atoms with Gasteiger partial charge >= 0.3 is 0 Å². The minimum absolute atomic E-state index is 0. The summed E-state index contributed by atoms with van der Waals surface area (Å²) in [7, 11) is 0. The maximum Gasteiger partial charge on any atom is 0.209 e. The molecule has 0 fully saturated rings. The van der Waals surface area contributed by atoms with Crippen LogP contribution in [0.1, 0.15) is 69.7 Å². The van der Waals surface area contributed by atoms with Gasteiger partial charge in [0.2, 0.25) is 6.29 Å². The van der Waals surface area contributed by atoms with E-state index < -0.39 is 6.29 Å². The molecule has 0 aliphatic rings. The molecule has 0 saturated carbocycles. The summed E-state index contributed by atoms with van der Waals surface area (Å²) in [6, 6.07) is 14.4. The summed E-state index contributed by atoms with van der Waals surface area (Å²) >= 11 is 6.50. The lowest BCUT2D eigenvalue weighted by atomic mass is 9.66. The van der Waals surface area contributed by atoms with Gasteiger partial charge in [0.05, 0.1) is 5.41 Å². The fourth-order valence-electron chi connectivity index (χ4n) is 4.81. The van der Waals surface area contributed by atoms with Crippen LogP contribution < -0.4 is 10.9 Å². The number of ether oxygens (including phenoxy) is 2. The highest BCUT2D eigenvalue weighted by molar-refractivity contribution is 6.17. The minimum atomic E-state index is -0.392. The highest BCUT2D eigenvalue weighted by atomic mass is 35.5. The van der Waals surface area contributed by atoms with Gasteiger partial charge in [-0.3, -0.25) is 0 Å². The molecule has 0 aliphatic heterocycles. The van der Waals surface area contributed by atoms with E-state index in [2.05, 4.69) is 53.7 Å². The molecule has 174 valence electrons. The largest absolute Gasteiger partial charge is 0.464 e. The first-order valence-electron chi connectivity index (χ1n) is 11.2. The highest BCUT2D eigenvalue weighted by Gasteiger charge is 2.46. The van der Waals surface area contributed by atoms with Gasteiger partial charge in [-0.25, -0.2) is 0 Å². The van der Waals surface area contributed by atoms with Crippen LogP contribution in [-0.2, 0) is 16.0 Å². The summed E-state index contributed by atoms with van der Waals surface area (Å²) in [5.74, 6) is 2.28. The Morgan fingerprint density at radius 2 is 1.48 bits per heavy atom. The summed E-state index contributed by atoms with van der Waals surface area (Å²) in [6.45, 7) is 16.2. The predicted molar refractivity (Wildman–Crippen MR) is 134 cm³/mol. The quantitative estimate of drug-likeness (QED) is 0.280. The molecule has 0 aromatic heterocycles. The second kappa shape index (κ2) is 12.5. The molecule has 0 spiro atoms. The van der Waals surface area contributed by atoms with Crippen LogP contribution in [0.2, 0.25) is 0 Å². The first-order chi connectivity index (χ1) is 14.2. The molecule has 0 radical (unpaired) electrons. The van der Waals surface area contributed by atoms with E-state index in [9.17, 15) is 0 Å². The summed E-state index contributed by atoms with van der Waals surface area (Å²) < 4.78 is 13.0. The Hall–Kier alpha value is -1.55. The van der Waals surface area contributed by atoms with Gasteiger partial charge in [-0.1, -0.05) is 58.0 Å². The summed E-state index contributed by atoms with van der Waals surface area (Å²) in [5.41, 5.74) is 4.78. The Kier molecular flexibility index (Phi) is 11.1. The predicted octanol–water partition coefficient (Wildman–Crippen LogP) is 7.98. The van der Waals surface area contributed by atoms with E-state index in [0.717, 1.165) is 18.6 Å². The third-order valence-electron chi connectivity index (χ3n) is 5.76. The normalized spacial score (nSPS) is 12.7. The molecule has 0 saturated heterocycles. The van der Waals surface area contributed by atoms with Crippen LogP contribution in [0.25, 0.3) is 0 Å². The van der Waals surface area contributed by atoms with Crippen LogP contribution in [0.3, 0.4) is 0 Å². The zero-order valence-electron chi connectivity index (χ0n) is 20.5. The fraction of sp³-hybridized carbons (Fsp3) is 0.556. The van der Waals surface area contributed by atoms with Crippen molar-refractivity contribution < 1.29 is 9.47 Å². The van der Waals surface area contributed by atoms with Crippen molar-refractivity contribution in [2.24, 2.45) is 11.8 Å². The van der Waals surface area contributed by atoms with Crippen molar-refractivity contribution in [3.8, 4) is 5.75 Å². The number of hydrogen-bond donors (Lipinski definition) is 1. The molecule has 31 heavy (non-hydrogen) atoms. The smallest absolute Gasteiger partial charge is 0.209 e.